The molecule has 0 aromatic carbocycles. The van der Waals surface area contributed by atoms with E-state index in [9.17, 15) is 19.8 Å². The van der Waals surface area contributed by atoms with Crippen LogP contribution in [0, 0.1) is 10.1 Å². The molecule has 0 saturated carbocycles. The predicted molar refractivity (Wildman–Crippen MR) is 81.0 cm³/mol. The highest BCUT2D eigenvalue weighted by atomic mass is 31.2. The van der Waals surface area contributed by atoms with Crippen molar-refractivity contribution >= 4 is 7.60 Å². The highest BCUT2D eigenvalue weighted by molar-refractivity contribution is 7.55. The van der Waals surface area contributed by atoms with Gasteiger partial charge in [0.1, 0.15) is 0 Å². The Morgan fingerprint density at radius 1 is 1.19 bits per heavy atom. The maximum Gasteiger partial charge on any atom is 0.369 e. The molecule has 0 aromatic rings. The first-order valence-corrected chi connectivity index (χ1v) is 8.91. The number of aliphatic hydroxyl groups is 1. The second-order valence-electron chi connectivity index (χ2n) is 5.74. The van der Waals surface area contributed by atoms with Crippen molar-refractivity contribution in [1.29, 1.82) is 0 Å². The van der Waals surface area contributed by atoms with Crippen LogP contribution in [0.3, 0.4) is 0 Å². The number of nitro groups is 1. The normalized spacial score (nSPS) is 15.4. The number of rotatable bonds is 11. The standard InChI is InChI=1S/C13H28NO6P/c1-6-7-8-9-13(15,10-14(16)17)21(18,19-11(2)3)20-12(4)5/h11-12,15H,6-10H2,1-5H3/t13-/m0/s1. The summed E-state index contributed by atoms with van der Waals surface area (Å²) in [5, 5.41) is 19.5. The van der Waals surface area contributed by atoms with Gasteiger partial charge in [-0.25, -0.2) is 0 Å². The molecule has 0 bridgehead atoms. The van der Waals surface area contributed by atoms with Crippen LogP contribution < -0.4 is 0 Å². The Morgan fingerprint density at radius 3 is 2.00 bits per heavy atom. The van der Waals surface area contributed by atoms with Crippen molar-refractivity contribution in [3.63, 3.8) is 0 Å². The second kappa shape index (κ2) is 8.83. The van der Waals surface area contributed by atoms with Gasteiger partial charge in [-0.1, -0.05) is 19.8 Å². The number of hydrogen-bond acceptors (Lipinski definition) is 6. The van der Waals surface area contributed by atoms with Gasteiger partial charge in [0.15, 0.2) is 0 Å². The molecule has 0 aromatic heterocycles. The van der Waals surface area contributed by atoms with E-state index in [4.69, 9.17) is 9.05 Å². The molecule has 0 aliphatic rings. The zero-order valence-electron chi connectivity index (χ0n) is 13.6. The molecule has 7 nitrogen and oxygen atoms in total. The Labute approximate surface area is 126 Å². The fraction of sp³-hybridized carbons (Fsp3) is 1.00. The molecular weight excluding hydrogens is 297 g/mol. The molecule has 0 spiro atoms. The molecule has 1 N–H and O–H groups in total. The summed E-state index contributed by atoms with van der Waals surface area (Å²) in [4.78, 5) is 10.2. The quantitative estimate of drug-likeness (QED) is 0.270. The molecule has 8 heteroatoms. The number of unbranched alkanes of at least 4 members (excludes halogenated alkanes) is 2. The lowest BCUT2D eigenvalue weighted by molar-refractivity contribution is -0.495. The molecule has 21 heavy (non-hydrogen) atoms. The third kappa shape index (κ3) is 6.87. The molecule has 0 aliphatic heterocycles. The first-order chi connectivity index (χ1) is 9.56. The van der Waals surface area contributed by atoms with E-state index in [1.807, 2.05) is 6.92 Å². The van der Waals surface area contributed by atoms with Gasteiger partial charge in [0.25, 0.3) is 0 Å². The first kappa shape index (κ1) is 20.5. The Bertz CT molecular complexity index is 360. The average molecular weight is 325 g/mol. The molecule has 0 radical (unpaired) electrons. The van der Waals surface area contributed by atoms with Crippen molar-refractivity contribution in [3.05, 3.63) is 10.1 Å². The van der Waals surface area contributed by atoms with E-state index < -0.39 is 36.6 Å². The molecular formula is C13H28NO6P. The van der Waals surface area contributed by atoms with Crippen LogP contribution in [0.1, 0.15) is 60.3 Å². The molecule has 0 rings (SSSR count). The summed E-state index contributed by atoms with van der Waals surface area (Å²) in [6.45, 7) is 7.71. The van der Waals surface area contributed by atoms with Crippen molar-refractivity contribution in [3.8, 4) is 0 Å². The van der Waals surface area contributed by atoms with E-state index in [2.05, 4.69) is 0 Å². The van der Waals surface area contributed by atoms with Crippen molar-refractivity contribution in [2.45, 2.75) is 77.9 Å². The molecule has 0 aliphatic carbocycles. The molecule has 0 heterocycles. The molecule has 0 amide bonds. The summed E-state index contributed by atoms with van der Waals surface area (Å²) < 4.78 is 23.6. The third-order valence-electron chi connectivity index (χ3n) is 2.77. The fourth-order valence-corrected chi connectivity index (χ4v) is 4.22. The lowest BCUT2D eigenvalue weighted by Crippen LogP contribution is -2.39. The van der Waals surface area contributed by atoms with Crippen molar-refractivity contribution in [2.24, 2.45) is 0 Å². The van der Waals surface area contributed by atoms with E-state index in [1.165, 1.54) is 0 Å². The smallest absolute Gasteiger partial charge is 0.369 e. The lowest BCUT2D eigenvalue weighted by atomic mass is 10.1. The minimum absolute atomic E-state index is 0.0124. The van der Waals surface area contributed by atoms with Crippen LogP contribution >= 0.6 is 7.60 Å². The van der Waals surface area contributed by atoms with E-state index in [-0.39, 0.29) is 6.42 Å². The van der Waals surface area contributed by atoms with Crippen LogP contribution in [0.4, 0.5) is 0 Å². The zero-order valence-corrected chi connectivity index (χ0v) is 14.5. The summed E-state index contributed by atoms with van der Waals surface area (Å²) in [5.74, 6) is 0. The number of nitrogens with zero attached hydrogens (tertiary/aromatic N) is 1. The Hall–Kier alpha value is -0.490. The van der Waals surface area contributed by atoms with E-state index >= 15 is 0 Å². The van der Waals surface area contributed by atoms with E-state index in [1.54, 1.807) is 27.7 Å². The zero-order chi connectivity index (χ0) is 16.7. The van der Waals surface area contributed by atoms with Crippen LogP contribution in [0.2, 0.25) is 0 Å². The Balaban J connectivity index is 5.43. The SMILES string of the molecule is CCCCC[C@@](O)(C[N+](=O)[O-])P(=O)(OC(C)C)OC(C)C. The van der Waals surface area contributed by atoms with Gasteiger partial charge in [0.2, 0.25) is 11.9 Å². The van der Waals surface area contributed by atoms with E-state index in [0.717, 1.165) is 12.8 Å². The third-order valence-corrected chi connectivity index (χ3v) is 5.55. The summed E-state index contributed by atoms with van der Waals surface area (Å²) >= 11 is 0. The topological polar surface area (TPSA) is 98.9 Å². The highest BCUT2D eigenvalue weighted by Gasteiger charge is 2.54. The maximum atomic E-state index is 13.0. The first-order valence-electron chi connectivity index (χ1n) is 7.37. The summed E-state index contributed by atoms with van der Waals surface area (Å²) in [7, 11) is -4.03. The van der Waals surface area contributed by atoms with Crippen LogP contribution in [0.15, 0.2) is 0 Å². The van der Waals surface area contributed by atoms with Crippen molar-refractivity contribution in [1.82, 2.24) is 0 Å². The second-order valence-corrected chi connectivity index (χ2v) is 7.99. The summed E-state index contributed by atoms with van der Waals surface area (Å²) in [6.07, 6.45) is 1.25. The van der Waals surface area contributed by atoms with Crippen molar-refractivity contribution < 1.29 is 23.6 Å². The van der Waals surface area contributed by atoms with Gasteiger partial charge in [-0.05, 0) is 40.5 Å². The monoisotopic (exact) mass is 325 g/mol. The molecule has 0 saturated heterocycles. The molecule has 0 unspecified atom stereocenters. The van der Waals surface area contributed by atoms with Crippen LogP contribution in [0.5, 0.6) is 0 Å². The van der Waals surface area contributed by atoms with Gasteiger partial charge in [0.05, 0.1) is 12.2 Å². The minimum Gasteiger partial charge on any atom is -0.372 e. The van der Waals surface area contributed by atoms with Crippen LogP contribution in [-0.4, -0.2) is 34.1 Å². The van der Waals surface area contributed by atoms with Crippen LogP contribution in [0.25, 0.3) is 0 Å². The van der Waals surface area contributed by atoms with Gasteiger partial charge < -0.3 is 14.2 Å². The predicted octanol–water partition coefficient (Wildman–Crippen LogP) is 3.58. The highest BCUT2D eigenvalue weighted by Crippen LogP contribution is 2.62. The lowest BCUT2D eigenvalue weighted by Gasteiger charge is -2.34. The Kier molecular flexibility index (Phi) is 8.63. The fourth-order valence-electron chi connectivity index (χ4n) is 1.94. The number of hydrogen-bond donors (Lipinski definition) is 1. The van der Waals surface area contributed by atoms with Crippen LogP contribution in [-0.2, 0) is 13.6 Å². The van der Waals surface area contributed by atoms with Gasteiger partial charge in [-0.2, -0.15) is 0 Å². The molecule has 1 atom stereocenters. The Morgan fingerprint density at radius 2 is 1.67 bits per heavy atom. The van der Waals surface area contributed by atoms with Gasteiger partial charge in [-0.15, -0.1) is 0 Å². The van der Waals surface area contributed by atoms with Crippen molar-refractivity contribution in [2.75, 3.05) is 6.54 Å². The molecule has 0 fully saturated rings. The maximum absolute atomic E-state index is 13.0. The molecule has 126 valence electrons. The van der Waals surface area contributed by atoms with Gasteiger partial charge in [0, 0.05) is 4.92 Å². The summed E-state index contributed by atoms with van der Waals surface area (Å²) in [6, 6.07) is 0. The largest absolute Gasteiger partial charge is 0.372 e. The summed E-state index contributed by atoms with van der Waals surface area (Å²) in [5.41, 5.74) is 0. The van der Waals surface area contributed by atoms with Gasteiger partial charge >= 0.3 is 7.60 Å². The average Bonchev–Trinajstić information content (AvgIpc) is 2.25. The van der Waals surface area contributed by atoms with E-state index in [0.29, 0.717) is 6.42 Å². The van der Waals surface area contributed by atoms with Gasteiger partial charge in [-0.3, -0.25) is 14.7 Å². The minimum atomic E-state index is -4.03.